The summed E-state index contributed by atoms with van der Waals surface area (Å²) in [5, 5.41) is 20.0. The Morgan fingerprint density at radius 3 is 2.74 bits per heavy atom. The van der Waals surface area contributed by atoms with E-state index >= 15 is 0 Å². The number of benzene rings is 1. The van der Waals surface area contributed by atoms with E-state index in [0.717, 1.165) is 0 Å². The van der Waals surface area contributed by atoms with Crippen LogP contribution in [0.25, 0.3) is 0 Å². The molecule has 1 amide bonds. The number of aliphatic carboxylic acids is 1. The minimum atomic E-state index is -1.20. The first-order chi connectivity index (χ1) is 8.93. The molecule has 1 atom stereocenters. The summed E-state index contributed by atoms with van der Waals surface area (Å²) in [5.74, 6) is -1.34. The van der Waals surface area contributed by atoms with E-state index in [4.69, 9.17) is 26.7 Å². The minimum Gasteiger partial charge on any atom is -0.491 e. The molecule has 7 heteroatoms. The van der Waals surface area contributed by atoms with E-state index in [2.05, 4.69) is 5.32 Å². The van der Waals surface area contributed by atoms with Crippen molar-refractivity contribution in [1.29, 1.82) is 5.26 Å². The average molecular weight is 283 g/mol. The molecular weight excluding hydrogens is 272 g/mol. The largest absolute Gasteiger partial charge is 0.491 e. The fourth-order valence-corrected chi connectivity index (χ4v) is 1.49. The molecule has 2 N–H and O–H groups in total. The van der Waals surface area contributed by atoms with E-state index in [1.165, 1.54) is 25.1 Å². The molecule has 0 fully saturated rings. The predicted octanol–water partition coefficient (Wildman–Crippen LogP) is 1.18. The highest BCUT2D eigenvalue weighted by Crippen LogP contribution is 2.21. The first-order valence-electron chi connectivity index (χ1n) is 5.26. The van der Waals surface area contributed by atoms with Gasteiger partial charge in [-0.1, -0.05) is 11.6 Å². The highest BCUT2D eigenvalue weighted by atomic mass is 35.5. The van der Waals surface area contributed by atoms with E-state index in [1.807, 2.05) is 6.07 Å². The van der Waals surface area contributed by atoms with Gasteiger partial charge in [-0.05, 0) is 12.1 Å². The van der Waals surface area contributed by atoms with Crippen molar-refractivity contribution in [3.05, 3.63) is 28.8 Å². The van der Waals surface area contributed by atoms with Crippen molar-refractivity contribution in [2.45, 2.75) is 13.0 Å². The van der Waals surface area contributed by atoms with Crippen LogP contribution in [0.1, 0.15) is 12.5 Å². The third kappa shape index (κ3) is 4.48. The Balaban J connectivity index is 2.69. The Labute approximate surface area is 114 Å². The molecule has 0 spiro atoms. The van der Waals surface area contributed by atoms with Gasteiger partial charge in [0.05, 0.1) is 10.6 Å². The monoisotopic (exact) mass is 282 g/mol. The van der Waals surface area contributed by atoms with Crippen LogP contribution in [-0.4, -0.2) is 29.6 Å². The number of carboxylic acid groups (broad SMARTS) is 1. The Morgan fingerprint density at radius 2 is 2.26 bits per heavy atom. The lowest BCUT2D eigenvalue weighted by molar-refractivity contribution is -0.142. The van der Waals surface area contributed by atoms with Crippen molar-refractivity contribution in [2.75, 3.05) is 6.61 Å². The summed E-state index contributed by atoms with van der Waals surface area (Å²) in [6.45, 7) is 0.978. The van der Waals surface area contributed by atoms with Crippen LogP contribution >= 0.6 is 11.6 Å². The maximum atomic E-state index is 10.9. The maximum absolute atomic E-state index is 10.9. The molecule has 0 aliphatic rings. The molecule has 1 unspecified atom stereocenters. The standard InChI is InChI=1S/C12H11ClN2O4/c1-7(16)15-11(12(17)18)6-19-9-3-2-8(5-14)10(13)4-9/h2-4,11H,6H2,1H3,(H,15,16)(H,17,18). The number of carboxylic acids is 1. The van der Waals surface area contributed by atoms with Crippen LogP contribution in [0, 0.1) is 11.3 Å². The normalized spacial score (nSPS) is 11.2. The number of hydrogen-bond donors (Lipinski definition) is 2. The summed E-state index contributed by atoms with van der Waals surface area (Å²) in [7, 11) is 0. The number of nitrogens with one attached hydrogen (secondary N) is 1. The van der Waals surface area contributed by atoms with Crippen LogP contribution in [0.4, 0.5) is 0 Å². The molecule has 0 aliphatic heterocycles. The number of ether oxygens (including phenoxy) is 1. The van der Waals surface area contributed by atoms with Gasteiger partial charge in [-0.25, -0.2) is 4.79 Å². The summed E-state index contributed by atoms with van der Waals surface area (Å²) >= 11 is 5.80. The molecule has 0 radical (unpaired) electrons. The van der Waals surface area contributed by atoms with Crippen molar-refractivity contribution in [1.82, 2.24) is 5.32 Å². The van der Waals surface area contributed by atoms with Gasteiger partial charge in [-0.2, -0.15) is 5.26 Å². The summed E-state index contributed by atoms with van der Waals surface area (Å²) in [6.07, 6.45) is 0. The van der Waals surface area contributed by atoms with E-state index in [1.54, 1.807) is 0 Å². The van der Waals surface area contributed by atoms with Gasteiger partial charge in [0.25, 0.3) is 0 Å². The second kappa shape index (κ2) is 6.61. The Hall–Kier alpha value is -2.26. The molecule has 0 bridgehead atoms. The molecule has 19 heavy (non-hydrogen) atoms. The third-order valence-electron chi connectivity index (χ3n) is 2.15. The van der Waals surface area contributed by atoms with Gasteiger partial charge in [0.15, 0.2) is 6.04 Å². The fraction of sp³-hybridized carbons (Fsp3) is 0.250. The highest BCUT2D eigenvalue weighted by molar-refractivity contribution is 6.31. The van der Waals surface area contributed by atoms with Crippen molar-refractivity contribution in [2.24, 2.45) is 0 Å². The van der Waals surface area contributed by atoms with Gasteiger partial charge >= 0.3 is 5.97 Å². The molecule has 6 nitrogen and oxygen atoms in total. The summed E-state index contributed by atoms with van der Waals surface area (Å²) in [4.78, 5) is 21.7. The molecule has 1 rings (SSSR count). The number of amides is 1. The second-order valence-corrected chi connectivity index (χ2v) is 4.06. The predicted molar refractivity (Wildman–Crippen MR) is 66.9 cm³/mol. The zero-order chi connectivity index (χ0) is 14.4. The molecule has 0 aliphatic carbocycles. The van der Waals surface area contributed by atoms with Crippen molar-refractivity contribution >= 4 is 23.5 Å². The SMILES string of the molecule is CC(=O)NC(COc1ccc(C#N)c(Cl)c1)C(=O)O. The van der Waals surface area contributed by atoms with Gasteiger partial charge in [0.1, 0.15) is 18.4 Å². The van der Waals surface area contributed by atoms with Crippen LogP contribution in [0.5, 0.6) is 5.75 Å². The third-order valence-corrected chi connectivity index (χ3v) is 2.47. The molecule has 0 aromatic heterocycles. The molecule has 0 saturated heterocycles. The quantitative estimate of drug-likeness (QED) is 0.845. The summed E-state index contributed by atoms with van der Waals surface area (Å²) in [5.41, 5.74) is 0.297. The second-order valence-electron chi connectivity index (χ2n) is 3.66. The molecule has 0 heterocycles. The average Bonchev–Trinajstić information content (AvgIpc) is 2.34. The fourth-order valence-electron chi connectivity index (χ4n) is 1.28. The highest BCUT2D eigenvalue weighted by Gasteiger charge is 2.19. The summed E-state index contributed by atoms with van der Waals surface area (Å²) < 4.78 is 5.22. The molecule has 100 valence electrons. The Kier molecular flexibility index (Phi) is 5.15. The first-order valence-corrected chi connectivity index (χ1v) is 5.64. The minimum absolute atomic E-state index is 0.214. The van der Waals surface area contributed by atoms with Gasteiger partial charge < -0.3 is 15.2 Å². The van der Waals surface area contributed by atoms with E-state index in [9.17, 15) is 9.59 Å². The lowest BCUT2D eigenvalue weighted by atomic mass is 10.2. The van der Waals surface area contributed by atoms with E-state index < -0.39 is 17.9 Å². The summed E-state index contributed by atoms with van der Waals surface area (Å²) in [6, 6.07) is 5.12. The van der Waals surface area contributed by atoms with Crippen LogP contribution in [0.3, 0.4) is 0 Å². The van der Waals surface area contributed by atoms with Crippen LogP contribution in [-0.2, 0) is 9.59 Å². The zero-order valence-electron chi connectivity index (χ0n) is 10.0. The van der Waals surface area contributed by atoms with E-state index in [0.29, 0.717) is 11.3 Å². The Morgan fingerprint density at radius 1 is 1.58 bits per heavy atom. The number of halogens is 1. The zero-order valence-corrected chi connectivity index (χ0v) is 10.8. The smallest absolute Gasteiger partial charge is 0.329 e. The van der Waals surface area contributed by atoms with Crippen LogP contribution in [0.15, 0.2) is 18.2 Å². The van der Waals surface area contributed by atoms with Gasteiger partial charge in [-0.15, -0.1) is 0 Å². The van der Waals surface area contributed by atoms with E-state index in [-0.39, 0.29) is 11.6 Å². The van der Waals surface area contributed by atoms with Crippen molar-refractivity contribution in [3.63, 3.8) is 0 Å². The number of rotatable bonds is 5. The topological polar surface area (TPSA) is 99.4 Å². The first kappa shape index (κ1) is 14.8. The molecule has 0 saturated carbocycles. The Bertz CT molecular complexity index is 539. The number of carbonyl (C=O) groups excluding carboxylic acids is 1. The number of nitrogens with zero attached hydrogens (tertiary/aromatic N) is 1. The lowest BCUT2D eigenvalue weighted by Crippen LogP contribution is -2.43. The van der Waals surface area contributed by atoms with Crippen LogP contribution in [0.2, 0.25) is 5.02 Å². The van der Waals surface area contributed by atoms with Crippen molar-refractivity contribution < 1.29 is 19.4 Å². The van der Waals surface area contributed by atoms with Crippen LogP contribution < -0.4 is 10.1 Å². The number of carbonyl (C=O) groups is 2. The number of nitriles is 1. The molecule has 1 aromatic rings. The maximum Gasteiger partial charge on any atom is 0.329 e. The lowest BCUT2D eigenvalue weighted by Gasteiger charge is -2.14. The van der Waals surface area contributed by atoms with Gasteiger partial charge in [-0.3, -0.25) is 4.79 Å². The number of hydrogen-bond acceptors (Lipinski definition) is 4. The van der Waals surface area contributed by atoms with Gasteiger partial charge in [0, 0.05) is 13.0 Å². The van der Waals surface area contributed by atoms with Crippen molar-refractivity contribution in [3.8, 4) is 11.8 Å². The van der Waals surface area contributed by atoms with Gasteiger partial charge in [0.2, 0.25) is 5.91 Å². The molecular formula is C12H11ClN2O4. The molecule has 1 aromatic carbocycles.